The summed E-state index contributed by atoms with van der Waals surface area (Å²) in [6, 6.07) is 8.37. The molecule has 0 unspecified atom stereocenters. The maximum absolute atomic E-state index is 13.2. The predicted octanol–water partition coefficient (Wildman–Crippen LogP) is 1.24. The first kappa shape index (κ1) is 20.7. The molecule has 2 heterocycles. The minimum atomic E-state index is -0.760. The summed E-state index contributed by atoms with van der Waals surface area (Å²) in [5, 5.41) is 5.71. The monoisotopic (exact) mass is 399 g/mol. The van der Waals surface area contributed by atoms with Crippen molar-refractivity contribution < 1.29 is 14.0 Å². The van der Waals surface area contributed by atoms with Gasteiger partial charge in [-0.2, -0.15) is 0 Å². The molecule has 3 rings (SSSR count). The zero-order chi connectivity index (χ0) is 20.8. The van der Waals surface area contributed by atoms with Crippen molar-refractivity contribution in [2.45, 2.75) is 37.9 Å². The second-order valence-electron chi connectivity index (χ2n) is 7.34. The average Bonchev–Trinajstić information content (AvgIpc) is 3.14. The number of amides is 2. The Morgan fingerprint density at radius 2 is 1.97 bits per heavy atom. The van der Waals surface area contributed by atoms with Crippen LogP contribution in [0.5, 0.6) is 0 Å². The zero-order valence-electron chi connectivity index (χ0n) is 16.4. The molecule has 154 valence electrons. The number of nitrogens with two attached hydrogens (primary N) is 1. The molecule has 1 saturated heterocycles. The fraction of sp³-hybridized carbons (Fsp3) is 0.381. The summed E-state index contributed by atoms with van der Waals surface area (Å²) >= 11 is 0. The third-order valence-electron chi connectivity index (χ3n) is 5.12. The molecule has 0 bridgehead atoms. The Labute approximate surface area is 169 Å². The van der Waals surface area contributed by atoms with Gasteiger partial charge in [-0.3, -0.25) is 14.5 Å². The molecule has 1 aromatic carbocycles. The van der Waals surface area contributed by atoms with E-state index >= 15 is 0 Å². The van der Waals surface area contributed by atoms with Crippen LogP contribution in [0.15, 0.2) is 42.6 Å². The molecular formula is C21H26FN5O2. The van der Waals surface area contributed by atoms with Gasteiger partial charge >= 0.3 is 0 Å². The van der Waals surface area contributed by atoms with Crippen LogP contribution in [-0.4, -0.2) is 47.4 Å². The number of rotatable bonds is 7. The highest BCUT2D eigenvalue weighted by Crippen LogP contribution is 2.15. The van der Waals surface area contributed by atoms with Crippen LogP contribution in [0.4, 0.5) is 10.2 Å². The Morgan fingerprint density at radius 3 is 2.59 bits per heavy atom. The van der Waals surface area contributed by atoms with Crippen molar-refractivity contribution in [2.24, 2.45) is 0 Å². The Bertz CT molecular complexity index is 841. The summed E-state index contributed by atoms with van der Waals surface area (Å²) in [7, 11) is 1.90. The summed E-state index contributed by atoms with van der Waals surface area (Å²) in [5.41, 5.74) is 7.14. The standard InChI is InChI=1S/C21H26FN5O2/c1-27-10-2-3-18(27)21(29)26-17(11-14-4-7-16(22)8-5-14)20(28)25-13-15-6-9-19(23)24-12-15/h4-9,12,17-18H,2-3,10-11,13H2,1H3,(H2,23,24)(H,25,28)(H,26,29)/t17-,18+/m0/s1. The van der Waals surface area contributed by atoms with E-state index in [-0.39, 0.29) is 36.6 Å². The lowest BCUT2D eigenvalue weighted by Gasteiger charge is -2.23. The molecule has 1 fully saturated rings. The second kappa shape index (κ2) is 9.47. The molecule has 1 aliphatic rings. The maximum Gasteiger partial charge on any atom is 0.243 e. The Morgan fingerprint density at radius 1 is 1.24 bits per heavy atom. The van der Waals surface area contributed by atoms with Gasteiger partial charge in [-0.1, -0.05) is 18.2 Å². The highest BCUT2D eigenvalue weighted by molar-refractivity contribution is 5.90. The number of nitrogens with one attached hydrogen (secondary N) is 2. The summed E-state index contributed by atoms with van der Waals surface area (Å²) in [4.78, 5) is 31.5. The van der Waals surface area contributed by atoms with Crippen LogP contribution in [0.1, 0.15) is 24.0 Å². The van der Waals surface area contributed by atoms with Crippen LogP contribution in [0, 0.1) is 5.82 Å². The summed E-state index contributed by atoms with van der Waals surface area (Å²) in [6.07, 6.45) is 3.59. The van der Waals surface area contributed by atoms with Gasteiger partial charge < -0.3 is 16.4 Å². The first-order chi connectivity index (χ1) is 13.9. The van der Waals surface area contributed by atoms with Gasteiger partial charge in [-0.15, -0.1) is 0 Å². The molecule has 2 atom stereocenters. The number of hydrogen-bond donors (Lipinski definition) is 3. The third-order valence-corrected chi connectivity index (χ3v) is 5.12. The predicted molar refractivity (Wildman–Crippen MR) is 108 cm³/mol. The Hall–Kier alpha value is -3.00. The van der Waals surface area contributed by atoms with Gasteiger partial charge in [0.2, 0.25) is 11.8 Å². The van der Waals surface area contributed by atoms with Crippen molar-refractivity contribution in [3.8, 4) is 0 Å². The number of halogens is 1. The summed E-state index contributed by atoms with van der Waals surface area (Å²) in [6.45, 7) is 1.13. The van der Waals surface area contributed by atoms with Gasteiger partial charge in [0.1, 0.15) is 17.7 Å². The van der Waals surface area contributed by atoms with Gasteiger partial charge in [-0.05, 0) is 55.8 Å². The van der Waals surface area contributed by atoms with Crippen LogP contribution in [0.3, 0.4) is 0 Å². The van der Waals surface area contributed by atoms with Crippen molar-refractivity contribution in [1.82, 2.24) is 20.5 Å². The van der Waals surface area contributed by atoms with Crippen molar-refractivity contribution in [3.05, 3.63) is 59.5 Å². The molecule has 2 amide bonds. The largest absolute Gasteiger partial charge is 0.384 e. The van der Waals surface area contributed by atoms with Crippen LogP contribution in [0.2, 0.25) is 0 Å². The van der Waals surface area contributed by atoms with E-state index in [1.807, 2.05) is 11.9 Å². The number of likely N-dealkylation sites (tertiary alicyclic amines) is 1. The molecule has 2 aromatic rings. The van der Waals surface area contributed by atoms with E-state index in [1.54, 1.807) is 30.5 Å². The van der Waals surface area contributed by atoms with E-state index in [9.17, 15) is 14.0 Å². The molecule has 29 heavy (non-hydrogen) atoms. The number of nitrogen functional groups attached to an aromatic ring is 1. The Kier molecular flexibility index (Phi) is 6.77. The molecule has 8 heteroatoms. The lowest BCUT2D eigenvalue weighted by Crippen LogP contribution is -2.52. The SMILES string of the molecule is CN1CCC[C@@H]1C(=O)N[C@@H](Cc1ccc(F)cc1)C(=O)NCc1ccc(N)nc1. The number of nitrogens with zero attached hydrogens (tertiary/aromatic N) is 2. The zero-order valence-corrected chi connectivity index (χ0v) is 16.4. The fourth-order valence-electron chi connectivity index (χ4n) is 3.43. The highest BCUT2D eigenvalue weighted by atomic mass is 19.1. The number of likely N-dealkylation sites (N-methyl/N-ethyl adjacent to an activating group) is 1. The summed E-state index contributed by atoms with van der Waals surface area (Å²) < 4.78 is 13.2. The van der Waals surface area contributed by atoms with Crippen LogP contribution in [-0.2, 0) is 22.6 Å². The number of pyridine rings is 1. The minimum absolute atomic E-state index is 0.165. The first-order valence-electron chi connectivity index (χ1n) is 9.65. The lowest BCUT2D eigenvalue weighted by atomic mass is 10.0. The van der Waals surface area contributed by atoms with Crippen LogP contribution in [0.25, 0.3) is 0 Å². The molecule has 1 aliphatic heterocycles. The van der Waals surface area contributed by atoms with Crippen molar-refractivity contribution >= 4 is 17.6 Å². The maximum atomic E-state index is 13.2. The molecule has 0 spiro atoms. The van der Waals surface area contributed by atoms with Crippen LogP contribution >= 0.6 is 0 Å². The van der Waals surface area contributed by atoms with E-state index in [2.05, 4.69) is 15.6 Å². The number of hydrogen-bond acceptors (Lipinski definition) is 5. The third kappa shape index (κ3) is 5.74. The van der Waals surface area contributed by atoms with Gasteiger partial charge in [0.05, 0.1) is 6.04 Å². The van der Waals surface area contributed by atoms with E-state index in [0.717, 1.165) is 30.5 Å². The number of carbonyl (C=O) groups excluding carboxylic acids is 2. The van der Waals surface area contributed by atoms with E-state index in [1.165, 1.54) is 12.1 Å². The van der Waals surface area contributed by atoms with E-state index in [0.29, 0.717) is 5.82 Å². The van der Waals surface area contributed by atoms with Crippen LogP contribution < -0.4 is 16.4 Å². The van der Waals surface area contributed by atoms with Crippen molar-refractivity contribution in [1.29, 1.82) is 0 Å². The highest BCUT2D eigenvalue weighted by Gasteiger charge is 2.31. The average molecular weight is 399 g/mol. The molecule has 0 radical (unpaired) electrons. The molecular weight excluding hydrogens is 373 g/mol. The van der Waals surface area contributed by atoms with Gasteiger partial charge in [0.15, 0.2) is 0 Å². The molecule has 4 N–H and O–H groups in total. The van der Waals surface area contributed by atoms with E-state index in [4.69, 9.17) is 5.73 Å². The number of aromatic nitrogens is 1. The summed E-state index contributed by atoms with van der Waals surface area (Å²) in [5.74, 6) is -0.411. The van der Waals surface area contributed by atoms with Gasteiger partial charge in [0.25, 0.3) is 0 Å². The minimum Gasteiger partial charge on any atom is -0.384 e. The Balaban J connectivity index is 1.68. The topological polar surface area (TPSA) is 100 Å². The second-order valence-corrected chi connectivity index (χ2v) is 7.34. The molecule has 1 aromatic heterocycles. The first-order valence-corrected chi connectivity index (χ1v) is 9.65. The number of benzene rings is 1. The lowest BCUT2D eigenvalue weighted by molar-refractivity contribution is -0.131. The number of anilines is 1. The normalized spacial score (nSPS) is 17.7. The van der Waals surface area contributed by atoms with Gasteiger partial charge in [-0.25, -0.2) is 9.37 Å². The molecule has 0 saturated carbocycles. The molecule has 7 nitrogen and oxygen atoms in total. The smallest absolute Gasteiger partial charge is 0.243 e. The molecule has 0 aliphatic carbocycles. The van der Waals surface area contributed by atoms with Crippen molar-refractivity contribution in [3.63, 3.8) is 0 Å². The quantitative estimate of drug-likeness (QED) is 0.651. The van der Waals surface area contributed by atoms with Crippen molar-refractivity contribution in [2.75, 3.05) is 19.3 Å². The van der Waals surface area contributed by atoms with Gasteiger partial charge in [0, 0.05) is 19.2 Å². The van der Waals surface area contributed by atoms with E-state index < -0.39 is 6.04 Å². The fourth-order valence-corrected chi connectivity index (χ4v) is 3.43. The number of carbonyl (C=O) groups is 2.